The fourth-order valence-electron chi connectivity index (χ4n) is 2.47. The van der Waals surface area contributed by atoms with Crippen molar-refractivity contribution in [2.45, 2.75) is 12.8 Å². The van der Waals surface area contributed by atoms with Crippen LogP contribution >= 0.6 is 0 Å². The molecule has 0 saturated heterocycles. The lowest BCUT2D eigenvalue weighted by molar-refractivity contribution is -0.118. The van der Waals surface area contributed by atoms with E-state index in [1.807, 2.05) is 24.3 Å². The molecule has 1 aliphatic heterocycles. The fraction of sp³-hybridized carbons (Fsp3) is 0.222. The lowest BCUT2D eigenvalue weighted by Gasteiger charge is -2.18. The molecule has 0 fully saturated rings. The van der Waals surface area contributed by atoms with Crippen LogP contribution in [-0.2, 0) is 16.0 Å². The van der Waals surface area contributed by atoms with E-state index in [0.717, 1.165) is 11.3 Å². The van der Waals surface area contributed by atoms with Crippen LogP contribution in [0.15, 0.2) is 42.5 Å². The number of amides is 2. The van der Waals surface area contributed by atoms with Crippen molar-refractivity contribution in [3.05, 3.63) is 48.0 Å². The Morgan fingerprint density at radius 3 is 3.00 bits per heavy atom. The SMILES string of the molecule is COc1cccc(CCC(=O)Nc2ccc3c(c2)NC(=O)CO3)c1. The normalized spacial score (nSPS) is 12.6. The molecule has 0 atom stereocenters. The van der Waals surface area contributed by atoms with Crippen molar-refractivity contribution in [3.8, 4) is 11.5 Å². The van der Waals surface area contributed by atoms with E-state index in [-0.39, 0.29) is 18.4 Å². The Hall–Kier alpha value is -3.02. The maximum atomic E-state index is 12.1. The Morgan fingerprint density at radius 1 is 1.29 bits per heavy atom. The fourth-order valence-corrected chi connectivity index (χ4v) is 2.47. The second kappa shape index (κ2) is 7.04. The number of benzene rings is 2. The first-order valence-electron chi connectivity index (χ1n) is 7.63. The van der Waals surface area contributed by atoms with Crippen LogP contribution in [0.2, 0.25) is 0 Å². The molecule has 0 saturated carbocycles. The summed E-state index contributed by atoms with van der Waals surface area (Å²) in [7, 11) is 1.62. The van der Waals surface area contributed by atoms with E-state index in [2.05, 4.69) is 10.6 Å². The quantitative estimate of drug-likeness (QED) is 0.885. The van der Waals surface area contributed by atoms with Crippen LogP contribution in [0.5, 0.6) is 11.5 Å². The minimum absolute atomic E-state index is 0.0131. The molecule has 2 amide bonds. The predicted octanol–water partition coefficient (Wildman–Crippen LogP) is 2.60. The number of fused-ring (bicyclic) bond motifs is 1. The third-order valence-corrected chi connectivity index (χ3v) is 3.67. The van der Waals surface area contributed by atoms with Crippen molar-refractivity contribution in [1.82, 2.24) is 0 Å². The molecule has 0 unspecified atom stereocenters. The predicted molar refractivity (Wildman–Crippen MR) is 90.5 cm³/mol. The summed E-state index contributed by atoms with van der Waals surface area (Å²) in [5.74, 6) is 1.08. The number of methoxy groups -OCH3 is 1. The average Bonchev–Trinajstić information content (AvgIpc) is 2.60. The second-order valence-corrected chi connectivity index (χ2v) is 5.45. The molecule has 24 heavy (non-hydrogen) atoms. The first-order valence-corrected chi connectivity index (χ1v) is 7.63. The zero-order valence-electron chi connectivity index (χ0n) is 13.3. The van der Waals surface area contributed by atoms with Gasteiger partial charge in [0.1, 0.15) is 11.5 Å². The minimum atomic E-state index is -0.205. The van der Waals surface area contributed by atoms with Crippen molar-refractivity contribution in [2.24, 2.45) is 0 Å². The van der Waals surface area contributed by atoms with Gasteiger partial charge < -0.3 is 20.1 Å². The summed E-state index contributed by atoms with van der Waals surface area (Å²) in [5.41, 5.74) is 2.22. The summed E-state index contributed by atoms with van der Waals surface area (Å²) in [4.78, 5) is 23.4. The van der Waals surface area contributed by atoms with Gasteiger partial charge in [0.15, 0.2) is 6.61 Å². The monoisotopic (exact) mass is 326 g/mol. The van der Waals surface area contributed by atoms with Crippen LogP contribution in [-0.4, -0.2) is 25.5 Å². The number of carbonyl (C=O) groups excluding carboxylic acids is 2. The molecule has 0 spiro atoms. The zero-order valence-corrected chi connectivity index (χ0v) is 13.3. The van der Waals surface area contributed by atoms with E-state index in [4.69, 9.17) is 9.47 Å². The first kappa shape index (κ1) is 15.9. The molecule has 124 valence electrons. The third-order valence-electron chi connectivity index (χ3n) is 3.67. The van der Waals surface area contributed by atoms with E-state index in [1.54, 1.807) is 25.3 Å². The van der Waals surface area contributed by atoms with Gasteiger partial charge in [0.25, 0.3) is 5.91 Å². The maximum absolute atomic E-state index is 12.1. The van der Waals surface area contributed by atoms with Crippen LogP contribution < -0.4 is 20.1 Å². The highest BCUT2D eigenvalue weighted by atomic mass is 16.5. The molecule has 1 heterocycles. The van der Waals surface area contributed by atoms with Gasteiger partial charge in [-0.15, -0.1) is 0 Å². The van der Waals surface area contributed by atoms with Crippen molar-refractivity contribution in [1.29, 1.82) is 0 Å². The number of aryl methyl sites for hydroxylation is 1. The van der Waals surface area contributed by atoms with Crippen molar-refractivity contribution in [3.63, 3.8) is 0 Å². The summed E-state index contributed by atoms with van der Waals surface area (Å²) in [6.45, 7) is 0.0131. The third kappa shape index (κ3) is 3.84. The minimum Gasteiger partial charge on any atom is -0.497 e. The summed E-state index contributed by atoms with van der Waals surface area (Å²) < 4.78 is 10.5. The molecular weight excluding hydrogens is 308 g/mol. The Balaban J connectivity index is 1.58. The molecule has 1 aliphatic rings. The van der Waals surface area contributed by atoms with Gasteiger partial charge in [-0.05, 0) is 42.3 Å². The van der Waals surface area contributed by atoms with Crippen molar-refractivity contribution < 1.29 is 19.1 Å². The molecule has 2 aromatic carbocycles. The Kier molecular flexibility index (Phi) is 4.65. The molecule has 6 heteroatoms. The maximum Gasteiger partial charge on any atom is 0.262 e. The second-order valence-electron chi connectivity index (χ2n) is 5.45. The number of carbonyl (C=O) groups is 2. The van der Waals surface area contributed by atoms with Crippen molar-refractivity contribution >= 4 is 23.2 Å². The topological polar surface area (TPSA) is 76.7 Å². The highest BCUT2D eigenvalue weighted by Crippen LogP contribution is 2.30. The lowest BCUT2D eigenvalue weighted by atomic mass is 10.1. The van der Waals surface area contributed by atoms with Gasteiger partial charge >= 0.3 is 0 Å². The lowest BCUT2D eigenvalue weighted by Crippen LogP contribution is -2.25. The summed E-state index contributed by atoms with van der Waals surface area (Å²) in [6.07, 6.45) is 0.973. The number of rotatable bonds is 5. The molecule has 0 aliphatic carbocycles. The van der Waals surface area contributed by atoms with Crippen LogP contribution in [0.25, 0.3) is 0 Å². The van der Waals surface area contributed by atoms with Crippen LogP contribution in [0.4, 0.5) is 11.4 Å². The first-order chi connectivity index (χ1) is 11.6. The van der Waals surface area contributed by atoms with Gasteiger partial charge in [-0.2, -0.15) is 0 Å². The van der Waals surface area contributed by atoms with Gasteiger partial charge in [-0.1, -0.05) is 12.1 Å². The summed E-state index contributed by atoms with van der Waals surface area (Å²) in [6, 6.07) is 12.8. The molecule has 6 nitrogen and oxygen atoms in total. The highest BCUT2D eigenvalue weighted by Gasteiger charge is 2.16. The van der Waals surface area contributed by atoms with E-state index in [0.29, 0.717) is 30.0 Å². The van der Waals surface area contributed by atoms with Crippen LogP contribution in [0.3, 0.4) is 0 Å². The highest BCUT2D eigenvalue weighted by molar-refractivity contribution is 5.97. The number of hydrogen-bond acceptors (Lipinski definition) is 4. The van der Waals surface area contributed by atoms with E-state index in [9.17, 15) is 9.59 Å². The molecular formula is C18H18N2O4. The Bertz CT molecular complexity index is 773. The number of nitrogens with one attached hydrogen (secondary N) is 2. The molecule has 2 aromatic rings. The summed E-state index contributed by atoms with van der Waals surface area (Å²) in [5, 5.41) is 5.54. The molecule has 3 rings (SSSR count). The number of ether oxygens (including phenoxy) is 2. The van der Waals surface area contributed by atoms with Crippen LogP contribution in [0, 0.1) is 0 Å². The van der Waals surface area contributed by atoms with E-state index < -0.39 is 0 Å². The van der Waals surface area contributed by atoms with Gasteiger partial charge in [0.2, 0.25) is 5.91 Å². The smallest absolute Gasteiger partial charge is 0.262 e. The molecule has 0 aromatic heterocycles. The van der Waals surface area contributed by atoms with E-state index >= 15 is 0 Å². The number of anilines is 2. The zero-order chi connectivity index (χ0) is 16.9. The summed E-state index contributed by atoms with van der Waals surface area (Å²) >= 11 is 0. The van der Waals surface area contributed by atoms with Crippen molar-refractivity contribution in [2.75, 3.05) is 24.4 Å². The largest absolute Gasteiger partial charge is 0.497 e. The molecule has 0 radical (unpaired) electrons. The van der Waals surface area contributed by atoms with Gasteiger partial charge in [0, 0.05) is 12.1 Å². The van der Waals surface area contributed by atoms with Gasteiger partial charge in [-0.3, -0.25) is 9.59 Å². The molecule has 2 N–H and O–H groups in total. The van der Waals surface area contributed by atoms with Crippen LogP contribution in [0.1, 0.15) is 12.0 Å². The van der Waals surface area contributed by atoms with Gasteiger partial charge in [-0.25, -0.2) is 0 Å². The number of hydrogen-bond donors (Lipinski definition) is 2. The standard InChI is InChI=1S/C18H18N2O4/c1-23-14-4-2-3-12(9-14)5-8-17(21)19-13-6-7-16-15(10-13)20-18(22)11-24-16/h2-4,6-7,9-10H,5,8,11H2,1H3,(H,19,21)(H,20,22). The Morgan fingerprint density at radius 2 is 2.17 bits per heavy atom. The average molecular weight is 326 g/mol. The van der Waals surface area contributed by atoms with Gasteiger partial charge in [0.05, 0.1) is 12.8 Å². The Labute approximate surface area is 139 Å². The molecule has 0 bridgehead atoms. The van der Waals surface area contributed by atoms with E-state index in [1.165, 1.54) is 0 Å².